The smallest absolute Gasteiger partial charge is 0.220 e. The van der Waals surface area contributed by atoms with Crippen LogP contribution >= 0.6 is 11.6 Å². The largest absolute Gasteiger partial charge is 0.441 e. The Hall–Kier alpha value is -2.63. The summed E-state index contributed by atoms with van der Waals surface area (Å²) in [5, 5.41) is 3.50. The number of methoxy groups -OCH3 is 1. The normalized spacial score (nSPS) is 11.9. The van der Waals surface area contributed by atoms with Gasteiger partial charge in [0.15, 0.2) is 11.7 Å². The summed E-state index contributed by atoms with van der Waals surface area (Å²) in [6.07, 6.45) is 2.15. The van der Waals surface area contributed by atoms with Gasteiger partial charge in [-0.1, -0.05) is 54.1 Å². The van der Waals surface area contributed by atoms with Gasteiger partial charge in [-0.2, -0.15) is 0 Å². The van der Waals surface area contributed by atoms with E-state index in [-0.39, 0.29) is 18.4 Å². The first-order valence-corrected chi connectivity index (χ1v) is 9.09. The van der Waals surface area contributed by atoms with Crippen molar-refractivity contribution < 1.29 is 13.9 Å². The van der Waals surface area contributed by atoms with Gasteiger partial charge in [0.25, 0.3) is 0 Å². The van der Waals surface area contributed by atoms with Crippen LogP contribution in [0.25, 0.3) is 11.3 Å². The van der Waals surface area contributed by atoms with Crippen LogP contribution in [0.3, 0.4) is 0 Å². The Kier molecular flexibility index (Phi) is 6.63. The molecule has 0 radical (unpaired) electrons. The predicted molar refractivity (Wildman–Crippen MR) is 104 cm³/mol. The van der Waals surface area contributed by atoms with E-state index in [0.29, 0.717) is 29.6 Å². The van der Waals surface area contributed by atoms with Gasteiger partial charge < -0.3 is 14.5 Å². The average Bonchev–Trinajstić information content (AvgIpc) is 3.17. The molecule has 27 heavy (non-hydrogen) atoms. The van der Waals surface area contributed by atoms with E-state index in [1.54, 1.807) is 19.4 Å². The summed E-state index contributed by atoms with van der Waals surface area (Å²) in [6, 6.07) is 17.2. The summed E-state index contributed by atoms with van der Waals surface area (Å²) in [7, 11) is 1.63. The van der Waals surface area contributed by atoms with Gasteiger partial charge in [-0.15, -0.1) is 0 Å². The molecule has 0 saturated heterocycles. The van der Waals surface area contributed by atoms with Crippen molar-refractivity contribution in [1.82, 2.24) is 10.3 Å². The Morgan fingerprint density at radius 3 is 2.67 bits per heavy atom. The highest BCUT2D eigenvalue weighted by Gasteiger charge is 2.13. The Balaban J connectivity index is 1.50. The molecule has 0 aliphatic carbocycles. The average molecular weight is 385 g/mol. The molecule has 1 N–H and O–H groups in total. The number of halogens is 1. The van der Waals surface area contributed by atoms with Crippen molar-refractivity contribution in [3.8, 4) is 11.3 Å². The topological polar surface area (TPSA) is 64.4 Å². The standard InChI is InChI=1S/C21H21ClN2O3/c1-26-18(15-7-3-2-4-8-15)13-23-20(25)11-12-21-24-14-19(27-21)16-9-5-6-10-17(16)22/h2-10,14,18H,11-13H2,1H3,(H,23,25). The second kappa shape index (κ2) is 9.35. The molecule has 140 valence electrons. The maximum absolute atomic E-state index is 12.1. The Morgan fingerprint density at radius 2 is 1.93 bits per heavy atom. The van der Waals surface area contributed by atoms with E-state index in [1.165, 1.54) is 0 Å². The third kappa shape index (κ3) is 5.18. The van der Waals surface area contributed by atoms with Crippen LogP contribution in [-0.2, 0) is 16.0 Å². The molecule has 2 aromatic carbocycles. The second-order valence-corrected chi connectivity index (χ2v) is 6.44. The Labute approximate surface area is 163 Å². The SMILES string of the molecule is COC(CNC(=O)CCc1ncc(-c2ccccc2Cl)o1)c1ccccc1. The van der Waals surface area contributed by atoms with E-state index in [2.05, 4.69) is 10.3 Å². The lowest BCUT2D eigenvalue weighted by atomic mass is 10.1. The van der Waals surface area contributed by atoms with Crippen molar-refractivity contribution in [3.05, 3.63) is 77.3 Å². The number of nitrogens with one attached hydrogen (secondary N) is 1. The van der Waals surface area contributed by atoms with E-state index >= 15 is 0 Å². The number of rotatable bonds is 8. The van der Waals surface area contributed by atoms with Crippen molar-refractivity contribution >= 4 is 17.5 Å². The monoisotopic (exact) mass is 384 g/mol. The highest BCUT2D eigenvalue weighted by Crippen LogP contribution is 2.28. The Morgan fingerprint density at radius 1 is 1.19 bits per heavy atom. The van der Waals surface area contributed by atoms with Crippen LogP contribution in [0.1, 0.15) is 24.0 Å². The third-order valence-electron chi connectivity index (χ3n) is 4.20. The molecule has 0 saturated carbocycles. The molecule has 0 spiro atoms. The number of aromatic nitrogens is 1. The lowest BCUT2D eigenvalue weighted by Gasteiger charge is -2.16. The molecule has 6 heteroatoms. The van der Waals surface area contributed by atoms with Gasteiger partial charge >= 0.3 is 0 Å². The number of hydrogen-bond donors (Lipinski definition) is 1. The van der Waals surface area contributed by atoms with Gasteiger partial charge in [-0.05, 0) is 17.7 Å². The summed E-state index contributed by atoms with van der Waals surface area (Å²) in [5.74, 6) is 1.02. The molecule has 0 bridgehead atoms. The van der Waals surface area contributed by atoms with Gasteiger partial charge in [0.2, 0.25) is 5.91 Å². The Bertz CT molecular complexity index is 880. The fourth-order valence-electron chi connectivity index (χ4n) is 2.73. The number of ether oxygens (including phenoxy) is 1. The lowest BCUT2D eigenvalue weighted by Crippen LogP contribution is -2.29. The van der Waals surface area contributed by atoms with E-state index in [1.807, 2.05) is 48.5 Å². The van der Waals surface area contributed by atoms with Crippen molar-refractivity contribution in [3.63, 3.8) is 0 Å². The molecule has 3 aromatic rings. The van der Waals surface area contributed by atoms with Crippen molar-refractivity contribution in [1.29, 1.82) is 0 Å². The summed E-state index contributed by atoms with van der Waals surface area (Å²) >= 11 is 6.17. The molecule has 1 unspecified atom stereocenters. The van der Waals surface area contributed by atoms with Crippen LogP contribution in [0.4, 0.5) is 0 Å². The fourth-order valence-corrected chi connectivity index (χ4v) is 2.96. The molecule has 1 aromatic heterocycles. The van der Waals surface area contributed by atoms with E-state index in [9.17, 15) is 4.79 Å². The summed E-state index contributed by atoms with van der Waals surface area (Å²) in [6.45, 7) is 0.413. The first-order valence-electron chi connectivity index (χ1n) is 8.71. The number of amides is 1. The maximum Gasteiger partial charge on any atom is 0.220 e. The number of oxazole rings is 1. The number of carbonyl (C=O) groups excluding carboxylic acids is 1. The minimum absolute atomic E-state index is 0.0783. The van der Waals surface area contributed by atoms with Crippen molar-refractivity contribution in [2.75, 3.05) is 13.7 Å². The van der Waals surface area contributed by atoms with Crippen molar-refractivity contribution in [2.45, 2.75) is 18.9 Å². The lowest BCUT2D eigenvalue weighted by molar-refractivity contribution is -0.121. The minimum atomic E-state index is -0.177. The second-order valence-electron chi connectivity index (χ2n) is 6.04. The summed E-state index contributed by atoms with van der Waals surface area (Å²) in [5.41, 5.74) is 1.81. The first kappa shape index (κ1) is 19.1. The van der Waals surface area contributed by atoms with Gasteiger partial charge in [0.1, 0.15) is 0 Å². The number of aryl methyl sites for hydroxylation is 1. The molecule has 5 nitrogen and oxygen atoms in total. The van der Waals surface area contributed by atoms with E-state index in [4.69, 9.17) is 20.8 Å². The quantitative estimate of drug-likeness (QED) is 0.624. The van der Waals surface area contributed by atoms with E-state index in [0.717, 1.165) is 11.1 Å². The van der Waals surface area contributed by atoms with Crippen LogP contribution < -0.4 is 5.32 Å². The summed E-state index contributed by atoms with van der Waals surface area (Å²) in [4.78, 5) is 16.4. The molecule has 3 rings (SSSR count). The van der Waals surface area contributed by atoms with Crippen LogP contribution in [0.15, 0.2) is 65.2 Å². The molecular formula is C21H21ClN2O3. The number of hydrogen-bond acceptors (Lipinski definition) is 4. The highest BCUT2D eigenvalue weighted by molar-refractivity contribution is 6.33. The van der Waals surface area contributed by atoms with Crippen LogP contribution in [-0.4, -0.2) is 24.5 Å². The van der Waals surface area contributed by atoms with Crippen LogP contribution in [0.2, 0.25) is 5.02 Å². The minimum Gasteiger partial charge on any atom is -0.441 e. The number of benzene rings is 2. The maximum atomic E-state index is 12.1. The number of carbonyl (C=O) groups is 1. The zero-order valence-electron chi connectivity index (χ0n) is 15.0. The predicted octanol–water partition coefficient (Wildman–Crippen LogP) is 4.43. The molecule has 0 fully saturated rings. The molecule has 1 atom stereocenters. The van der Waals surface area contributed by atoms with Crippen LogP contribution in [0, 0.1) is 0 Å². The molecule has 0 aliphatic rings. The van der Waals surface area contributed by atoms with Crippen molar-refractivity contribution in [2.24, 2.45) is 0 Å². The fraction of sp³-hybridized carbons (Fsp3) is 0.238. The molecule has 0 aliphatic heterocycles. The van der Waals surface area contributed by atoms with Gasteiger partial charge in [-0.25, -0.2) is 4.98 Å². The van der Waals surface area contributed by atoms with Gasteiger partial charge in [0.05, 0.1) is 17.3 Å². The zero-order valence-corrected chi connectivity index (χ0v) is 15.8. The highest BCUT2D eigenvalue weighted by atomic mass is 35.5. The third-order valence-corrected chi connectivity index (χ3v) is 4.53. The van der Waals surface area contributed by atoms with E-state index < -0.39 is 0 Å². The molecular weight excluding hydrogens is 364 g/mol. The molecule has 1 heterocycles. The zero-order chi connectivity index (χ0) is 19.1. The number of nitrogens with zero attached hydrogens (tertiary/aromatic N) is 1. The van der Waals surface area contributed by atoms with Gasteiger partial charge in [-0.3, -0.25) is 4.79 Å². The van der Waals surface area contributed by atoms with Gasteiger partial charge in [0, 0.05) is 32.1 Å². The first-order chi connectivity index (χ1) is 13.2. The summed E-state index contributed by atoms with van der Waals surface area (Å²) < 4.78 is 11.2. The molecule has 1 amide bonds. The van der Waals surface area contributed by atoms with Crippen LogP contribution in [0.5, 0.6) is 0 Å².